The van der Waals surface area contributed by atoms with Crippen LogP contribution in [-0.4, -0.2) is 63.0 Å². The minimum absolute atomic E-state index is 0.0917. The molecule has 43 heavy (non-hydrogen) atoms. The topological polar surface area (TPSA) is 108 Å². The van der Waals surface area contributed by atoms with E-state index in [9.17, 15) is 19.5 Å². The average molecular weight is 602 g/mol. The predicted octanol–water partition coefficient (Wildman–Crippen LogP) is 5.46. The Kier molecular flexibility index (Phi) is 8.13. The third-order valence-electron chi connectivity index (χ3n) is 9.31. The molecule has 3 amide bonds. The molecule has 3 N–H and O–H groups in total. The van der Waals surface area contributed by atoms with E-state index in [0.29, 0.717) is 43.8 Å². The van der Waals surface area contributed by atoms with Gasteiger partial charge in [0.25, 0.3) is 0 Å². The number of nitrogens with one attached hydrogen (secondary N) is 2. The molecular weight excluding hydrogens is 562 g/mol. The molecule has 3 aromatic carbocycles. The molecule has 0 aliphatic carbocycles. The number of benzene rings is 3. The lowest BCUT2D eigenvalue weighted by Gasteiger charge is -2.34. The van der Waals surface area contributed by atoms with Crippen LogP contribution in [0, 0.1) is 11.8 Å². The van der Waals surface area contributed by atoms with Gasteiger partial charge < -0.3 is 25.4 Å². The SMILES string of the molecule is CCOc1ccc(NC(=O)[C@@H]2[C@H]3C(=O)N(CCCCCO)C(C(=O)Nc4ccc5ccccc5c4)C34CC[C@@]2(C)S4)cc1. The van der Waals surface area contributed by atoms with Gasteiger partial charge in [-0.25, -0.2) is 0 Å². The number of anilines is 2. The van der Waals surface area contributed by atoms with E-state index < -0.39 is 27.4 Å². The van der Waals surface area contributed by atoms with E-state index in [-0.39, 0.29) is 24.3 Å². The van der Waals surface area contributed by atoms with Crippen LogP contribution < -0.4 is 15.4 Å². The summed E-state index contributed by atoms with van der Waals surface area (Å²) in [6.45, 7) is 5.06. The van der Waals surface area contributed by atoms with Crippen LogP contribution in [0.5, 0.6) is 5.75 Å². The van der Waals surface area contributed by atoms with E-state index >= 15 is 0 Å². The first-order valence-electron chi connectivity index (χ1n) is 15.2. The van der Waals surface area contributed by atoms with Crippen LogP contribution in [0.25, 0.3) is 10.8 Å². The van der Waals surface area contributed by atoms with Gasteiger partial charge in [0.1, 0.15) is 11.8 Å². The third kappa shape index (κ3) is 5.27. The molecule has 5 atom stereocenters. The zero-order valence-electron chi connectivity index (χ0n) is 24.7. The summed E-state index contributed by atoms with van der Waals surface area (Å²) in [5.41, 5.74) is 1.33. The second-order valence-corrected chi connectivity index (χ2v) is 13.9. The molecule has 0 aromatic heterocycles. The van der Waals surface area contributed by atoms with Crippen LogP contribution in [0.3, 0.4) is 0 Å². The zero-order chi connectivity index (χ0) is 30.2. The highest BCUT2D eigenvalue weighted by atomic mass is 32.2. The summed E-state index contributed by atoms with van der Waals surface area (Å²) in [5.74, 6) is -0.948. The Bertz CT molecular complexity index is 1530. The molecule has 3 saturated heterocycles. The largest absolute Gasteiger partial charge is 0.494 e. The summed E-state index contributed by atoms with van der Waals surface area (Å²) in [5, 5.41) is 17.6. The highest BCUT2D eigenvalue weighted by Gasteiger charge is 2.77. The van der Waals surface area contributed by atoms with Crippen molar-refractivity contribution in [2.45, 2.75) is 61.5 Å². The summed E-state index contributed by atoms with van der Waals surface area (Å²) in [7, 11) is 0. The van der Waals surface area contributed by atoms with Crippen molar-refractivity contribution in [3.63, 3.8) is 0 Å². The van der Waals surface area contributed by atoms with E-state index in [1.165, 1.54) is 0 Å². The van der Waals surface area contributed by atoms with Crippen LogP contribution in [0.4, 0.5) is 11.4 Å². The van der Waals surface area contributed by atoms with Crippen molar-refractivity contribution in [2.24, 2.45) is 11.8 Å². The molecule has 6 rings (SSSR count). The Morgan fingerprint density at radius 2 is 1.67 bits per heavy atom. The first-order valence-corrected chi connectivity index (χ1v) is 16.1. The van der Waals surface area contributed by atoms with Crippen molar-refractivity contribution in [3.8, 4) is 5.75 Å². The van der Waals surface area contributed by atoms with Crippen LogP contribution in [0.15, 0.2) is 66.7 Å². The van der Waals surface area contributed by atoms with Crippen molar-refractivity contribution >= 4 is 51.6 Å². The fourth-order valence-corrected chi connectivity index (χ4v) is 9.79. The molecule has 3 aromatic rings. The smallest absolute Gasteiger partial charge is 0.248 e. The van der Waals surface area contributed by atoms with Gasteiger partial charge in [-0.2, -0.15) is 0 Å². The van der Waals surface area contributed by atoms with Gasteiger partial charge in [-0.3, -0.25) is 14.4 Å². The molecule has 3 aliphatic rings. The first kappa shape index (κ1) is 29.5. The lowest BCUT2D eigenvalue weighted by molar-refractivity contribution is -0.139. The molecule has 9 heteroatoms. The molecule has 3 heterocycles. The average Bonchev–Trinajstić information content (AvgIpc) is 3.57. The minimum Gasteiger partial charge on any atom is -0.494 e. The number of hydrogen-bond donors (Lipinski definition) is 3. The Labute approximate surface area is 256 Å². The second kappa shape index (κ2) is 11.8. The number of carbonyl (C=O) groups excluding carboxylic acids is 3. The maximum atomic E-state index is 14.3. The standard InChI is InChI=1S/C34H39N3O5S/c1-3-42-26-15-13-24(14-16-26)35-30(39)27-28-32(41)37(19-7-4-8-20-38)29(34(28)18-17-33(27,2)43-34)31(40)36-25-12-11-22-9-5-6-10-23(22)21-25/h5-6,9-16,21,27-29,38H,3-4,7-8,17-20H2,1-2H3,(H,35,39)(H,36,40)/t27-,28-,29?,33+,34?/m0/s1. The van der Waals surface area contributed by atoms with Crippen LogP contribution >= 0.6 is 11.8 Å². The summed E-state index contributed by atoms with van der Waals surface area (Å²) >= 11 is 1.66. The Hall–Kier alpha value is -3.56. The second-order valence-electron chi connectivity index (χ2n) is 12.0. The molecule has 2 unspecified atom stereocenters. The van der Waals surface area contributed by atoms with Gasteiger partial charge in [0.05, 0.1) is 23.2 Å². The van der Waals surface area contributed by atoms with E-state index in [0.717, 1.165) is 29.4 Å². The summed E-state index contributed by atoms with van der Waals surface area (Å²) < 4.78 is 4.38. The number of hydrogen-bond acceptors (Lipinski definition) is 6. The Balaban J connectivity index is 1.29. The number of unbranched alkanes of at least 4 members (excludes halogenated alkanes) is 2. The number of likely N-dealkylation sites (tertiary alicyclic amines) is 1. The predicted molar refractivity (Wildman–Crippen MR) is 170 cm³/mol. The molecule has 8 nitrogen and oxygen atoms in total. The molecule has 0 saturated carbocycles. The van der Waals surface area contributed by atoms with E-state index in [4.69, 9.17) is 4.74 Å². The number of thioether (sulfide) groups is 1. The maximum Gasteiger partial charge on any atom is 0.248 e. The summed E-state index contributed by atoms with van der Waals surface area (Å²) in [6.07, 6.45) is 3.52. The Morgan fingerprint density at radius 3 is 2.42 bits per heavy atom. The van der Waals surface area contributed by atoms with E-state index in [1.807, 2.05) is 73.7 Å². The zero-order valence-corrected chi connectivity index (χ0v) is 25.5. The quantitative estimate of drug-likeness (QED) is 0.252. The van der Waals surface area contributed by atoms with Gasteiger partial charge in [-0.15, -0.1) is 11.8 Å². The number of aliphatic hydroxyl groups is 1. The van der Waals surface area contributed by atoms with Gasteiger partial charge >= 0.3 is 0 Å². The molecule has 3 fully saturated rings. The van der Waals surface area contributed by atoms with E-state index in [2.05, 4.69) is 17.6 Å². The van der Waals surface area contributed by atoms with Gasteiger partial charge in [0.15, 0.2) is 0 Å². The van der Waals surface area contributed by atoms with Crippen molar-refractivity contribution in [2.75, 3.05) is 30.4 Å². The molecule has 2 bridgehead atoms. The van der Waals surface area contributed by atoms with Crippen LogP contribution in [-0.2, 0) is 14.4 Å². The number of fused-ring (bicyclic) bond motifs is 2. The normalized spacial score (nSPS) is 27.4. The van der Waals surface area contributed by atoms with E-state index in [1.54, 1.807) is 16.7 Å². The number of aliphatic hydroxyl groups excluding tert-OH is 1. The van der Waals surface area contributed by atoms with Gasteiger partial charge in [0.2, 0.25) is 17.7 Å². The Morgan fingerprint density at radius 1 is 0.953 bits per heavy atom. The third-order valence-corrected chi connectivity index (χ3v) is 11.3. The molecule has 1 spiro atoms. The molecule has 226 valence electrons. The first-order chi connectivity index (χ1) is 20.8. The molecular formula is C34H39N3O5S. The molecule has 3 aliphatic heterocycles. The summed E-state index contributed by atoms with van der Waals surface area (Å²) in [6, 6.07) is 20.4. The maximum absolute atomic E-state index is 14.3. The van der Waals surface area contributed by atoms with Crippen LogP contribution in [0.1, 0.15) is 46.0 Å². The minimum atomic E-state index is -0.694. The highest BCUT2D eigenvalue weighted by molar-refractivity contribution is 8.02. The highest BCUT2D eigenvalue weighted by Crippen LogP contribution is 2.71. The number of rotatable bonds is 11. The van der Waals surface area contributed by atoms with Crippen molar-refractivity contribution in [1.82, 2.24) is 4.90 Å². The fraction of sp³-hybridized carbons (Fsp3) is 0.441. The van der Waals surface area contributed by atoms with Crippen molar-refractivity contribution in [1.29, 1.82) is 0 Å². The van der Waals surface area contributed by atoms with Crippen molar-refractivity contribution in [3.05, 3.63) is 66.7 Å². The summed E-state index contributed by atoms with van der Waals surface area (Å²) in [4.78, 5) is 44.2. The number of carbonyl (C=O) groups is 3. The fourth-order valence-electron chi connectivity index (χ4n) is 7.44. The monoisotopic (exact) mass is 601 g/mol. The van der Waals surface area contributed by atoms with Gasteiger partial charge in [-0.05, 0) is 93.1 Å². The van der Waals surface area contributed by atoms with Crippen LogP contribution in [0.2, 0.25) is 0 Å². The number of amides is 3. The van der Waals surface area contributed by atoms with Gasteiger partial charge in [-0.1, -0.05) is 30.3 Å². The van der Waals surface area contributed by atoms with Gasteiger partial charge in [0, 0.05) is 29.3 Å². The lowest BCUT2D eigenvalue weighted by Crippen LogP contribution is -2.51. The number of nitrogens with zero attached hydrogens (tertiary/aromatic N) is 1. The lowest BCUT2D eigenvalue weighted by atomic mass is 9.66. The molecule has 0 radical (unpaired) electrons. The van der Waals surface area contributed by atoms with Crippen molar-refractivity contribution < 1.29 is 24.2 Å². The number of ether oxygens (including phenoxy) is 1.